The minimum atomic E-state index is -0.141. The predicted octanol–water partition coefficient (Wildman–Crippen LogP) is 0.0874. The number of nitrogens with zero attached hydrogens (tertiary/aromatic N) is 1. The van der Waals surface area contributed by atoms with Crippen molar-refractivity contribution in [1.82, 2.24) is 16.0 Å². The number of rotatable bonds is 3. The van der Waals surface area contributed by atoms with Gasteiger partial charge in [0.25, 0.3) is 0 Å². The zero-order chi connectivity index (χ0) is 10.2. The molecule has 0 atom stereocenters. The number of nitrogens with one attached hydrogen (secondary N) is 3. The van der Waals surface area contributed by atoms with Crippen LogP contribution in [0, 0.1) is 0 Å². The summed E-state index contributed by atoms with van der Waals surface area (Å²) in [6.07, 6.45) is 3.45. The molecule has 0 aromatic heterocycles. The Kier molecular flexibility index (Phi) is 4.82. The number of carbonyl (C=O) groups is 1. The molecule has 0 bridgehead atoms. The molecule has 0 fully saturated rings. The van der Waals surface area contributed by atoms with Gasteiger partial charge in [-0.05, 0) is 12.8 Å². The third kappa shape index (κ3) is 4.11. The van der Waals surface area contributed by atoms with Crippen LogP contribution in [-0.4, -0.2) is 38.5 Å². The lowest BCUT2D eigenvalue weighted by atomic mass is 10.2. The van der Waals surface area contributed by atoms with Crippen molar-refractivity contribution in [3.8, 4) is 0 Å². The molecule has 0 saturated heterocycles. The number of amidine groups is 1. The Morgan fingerprint density at radius 3 is 2.93 bits per heavy atom. The second-order valence-electron chi connectivity index (χ2n) is 3.22. The van der Waals surface area contributed by atoms with Gasteiger partial charge in [-0.15, -0.1) is 0 Å². The molecule has 1 aliphatic rings. The van der Waals surface area contributed by atoms with Gasteiger partial charge >= 0.3 is 6.03 Å². The highest BCUT2D eigenvalue weighted by Gasteiger charge is 2.03. The molecular formula is C9H18N4O. The minimum absolute atomic E-state index is 0.141. The number of hydrogen-bond donors (Lipinski definition) is 3. The monoisotopic (exact) mass is 198 g/mol. The molecule has 0 aliphatic carbocycles. The normalized spacial score (nSPS) is 15.6. The smallest absolute Gasteiger partial charge is 0.314 e. The van der Waals surface area contributed by atoms with Gasteiger partial charge in [0.15, 0.2) is 0 Å². The Hall–Kier alpha value is -1.26. The Balaban J connectivity index is 2.03. The largest absolute Gasteiger partial charge is 0.372 e. The lowest BCUT2D eigenvalue weighted by Gasteiger charge is -2.13. The van der Waals surface area contributed by atoms with Gasteiger partial charge in [-0.3, -0.25) is 4.99 Å². The van der Waals surface area contributed by atoms with Crippen molar-refractivity contribution in [2.45, 2.75) is 19.3 Å². The second kappa shape index (κ2) is 6.23. The topological polar surface area (TPSA) is 65.5 Å². The molecule has 14 heavy (non-hydrogen) atoms. The number of amides is 2. The molecule has 80 valence electrons. The lowest BCUT2D eigenvalue weighted by Crippen LogP contribution is -2.39. The molecule has 0 spiro atoms. The summed E-state index contributed by atoms with van der Waals surface area (Å²) in [5.41, 5.74) is 0. The molecule has 0 radical (unpaired) electrons. The van der Waals surface area contributed by atoms with E-state index in [1.54, 1.807) is 7.05 Å². The Bertz CT molecular complexity index is 215. The zero-order valence-electron chi connectivity index (χ0n) is 8.60. The van der Waals surface area contributed by atoms with E-state index in [4.69, 9.17) is 0 Å². The van der Waals surface area contributed by atoms with Gasteiger partial charge in [0, 0.05) is 33.1 Å². The Morgan fingerprint density at radius 1 is 1.43 bits per heavy atom. The summed E-state index contributed by atoms with van der Waals surface area (Å²) in [7, 11) is 1.61. The number of carbonyl (C=O) groups excluding carboxylic acids is 1. The standard InChI is InChI=1S/C9H18N4O/c1-10-9(14)13-7-6-12-8-4-2-3-5-11-8/h2-7H2,1H3,(H,11,12)(H2,10,13,14). The van der Waals surface area contributed by atoms with Crippen LogP contribution in [0.5, 0.6) is 0 Å². The molecule has 5 heteroatoms. The first-order valence-electron chi connectivity index (χ1n) is 5.05. The minimum Gasteiger partial charge on any atom is -0.372 e. The van der Waals surface area contributed by atoms with Crippen LogP contribution in [0.1, 0.15) is 19.3 Å². The maximum absolute atomic E-state index is 10.8. The summed E-state index contributed by atoms with van der Waals surface area (Å²) < 4.78 is 0. The van der Waals surface area contributed by atoms with Crippen molar-refractivity contribution in [1.29, 1.82) is 0 Å². The van der Waals surface area contributed by atoms with Crippen molar-refractivity contribution in [2.24, 2.45) is 4.99 Å². The molecule has 0 aromatic rings. The number of aliphatic imine (C=N–C) groups is 1. The van der Waals surface area contributed by atoms with Crippen LogP contribution in [0.15, 0.2) is 4.99 Å². The SMILES string of the molecule is CNC(=O)NCCNC1=NCCCC1. The van der Waals surface area contributed by atoms with Crippen molar-refractivity contribution >= 4 is 11.9 Å². The fraction of sp³-hybridized carbons (Fsp3) is 0.778. The first kappa shape index (κ1) is 10.8. The third-order valence-corrected chi connectivity index (χ3v) is 2.09. The third-order valence-electron chi connectivity index (χ3n) is 2.09. The maximum atomic E-state index is 10.8. The summed E-state index contributed by atoms with van der Waals surface area (Å²) in [4.78, 5) is 15.1. The van der Waals surface area contributed by atoms with Crippen molar-refractivity contribution in [3.05, 3.63) is 0 Å². The first-order chi connectivity index (χ1) is 6.83. The Morgan fingerprint density at radius 2 is 2.29 bits per heavy atom. The molecule has 1 heterocycles. The van der Waals surface area contributed by atoms with Crippen molar-refractivity contribution in [2.75, 3.05) is 26.7 Å². The van der Waals surface area contributed by atoms with Gasteiger partial charge in [0.1, 0.15) is 0 Å². The van der Waals surface area contributed by atoms with E-state index in [0.29, 0.717) is 6.54 Å². The predicted molar refractivity (Wildman–Crippen MR) is 56.6 cm³/mol. The van der Waals surface area contributed by atoms with Crippen LogP contribution in [-0.2, 0) is 0 Å². The average Bonchev–Trinajstić information content (AvgIpc) is 2.25. The summed E-state index contributed by atoms with van der Waals surface area (Å²) in [6.45, 7) is 2.30. The first-order valence-corrected chi connectivity index (χ1v) is 5.05. The molecule has 5 nitrogen and oxygen atoms in total. The van der Waals surface area contributed by atoms with Crippen molar-refractivity contribution in [3.63, 3.8) is 0 Å². The van der Waals surface area contributed by atoms with Gasteiger partial charge in [-0.1, -0.05) is 0 Å². The quantitative estimate of drug-likeness (QED) is 0.563. The maximum Gasteiger partial charge on any atom is 0.314 e. The van der Waals surface area contributed by atoms with E-state index in [-0.39, 0.29) is 6.03 Å². The second-order valence-corrected chi connectivity index (χ2v) is 3.22. The summed E-state index contributed by atoms with van der Waals surface area (Å²) in [5, 5.41) is 8.41. The highest BCUT2D eigenvalue weighted by Crippen LogP contribution is 2.03. The molecule has 0 saturated carbocycles. The van der Waals surface area contributed by atoms with E-state index in [2.05, 4.69) is 20.9 Å². The van der Waals surface area contributed by atoms with E-state index in [1.807, 2.05) is 0 Å². The van der Waals surface area contributed by atoms with E-state index < -0.39 is 0 Å². The molecule has 1 rings (SSSR count). The number of hydrogen-bond acceptors (Lipinski definition) is 3. The van der Waals surface area contributed by atoms with Crippen LogP contribution in [0.4, 0.5) is 4.79 Å². The van der Waals surface area contributed by atoms with Crippen LogP contribution < -0.4 is 16.0 Å². The van der Waals surface area contributed by atoms with Crippen LogP contribution in [0.2, 0.25) is 0 Å². The highest BCUT2D eigenvalue weighted by molar-refractivity contribution is 5.82. The highest BCUT2D eigenvalue weighted by atomic mass is 16.2. The molecule has 3 N–H and O–H groups in total. The van der Waals surface area contributed by atoms with Crippen LogP contribution in [0.25, 0.3) is 0 Å². The summed E-state index contributed by atoms with van der Waals surface area (Å²) >= 11 is 0. The van der Waals surface area contributed by atoms with Gasteiger partial charge in [-0.25, -0.2) is 4.79 Å². The van der Waals surface area contributed by atoms with Gasteiger partial charge in [0.05, 0.1) is 5.84 Å². The fourth-order valence-electron chi connectivity index (χ4n) is 1.31. The van der Waals surface area contributed by atoms with E-state index in [0.717, 1.165) is 25.3 Å². The fourth-order valence-corrected chi connectivity index (χ4v) is 1.31. The van der Waals surface area contributed by atoms with Gasteiger partial charge in [-0.2, -0.15) is 0 Å². The van der Waals surface area contributed by atoms with Gasteiger partial charge < -0.3 is 16.0 Å². The summed E-state index contributed by atoms with van der Waals surface area (Å²) in [6, 6.07) is -0.141. The van der Waals surface area contributed by atoms with E-state index in [1.165, 1.54) is 12.8 Å². The van der Waals surface area contributed by atoms with E-state index >= 15 is 0 Å². The summed E-state index contributed by atoms with van der Waals surface area (Å²) in [5.74, 6) is 1.08. The van der Waals surface area contributed by atoms with Crippen molar-refractivity contribution < 1.29 is 4.79 Å². The average molecular weight is 198 g/mol. The van der Waals surface area contributed by atoms with Crippen LogP contribution in [0.3, 0.4) is 0 Å². The molecular weight excluding hydrogens is 180 g/mol. The Labute approximate surface area is 84.4 Å². The molecule has 1 aliphatic heterocycles. The molecule has 2 amide bonds. The molecule has 0 unspecified atom stereocenters. The molecule has 0 aromatic carbocycles. The zero-order valence-corrected chi connectivity index (χ0v) is 8.60. The lowest BCUT2D eigenvalue weighted by molar-refractivity contribution is 0.243. The van der Waals surface area contributed by atoms with Gasteiger partial charge in [0.2, 0.25) is 0 Å². The van der Waals surface area contributed by atoms with Crippen LogP contribution >= 0.6 is 0 Å². The van der Waals surface area contributed by atoms with E-state index in [9.17, 15) is 4.79 Å². The number of urea groups is 1.